The Kier molecular flexibility index (Phi) is 8.91. The molecule has 4 aromatic rings. The Hall–Kier alpha value is -4.06. The van der Waals surface area contributed by atoms with Crippen molar-refractivity contribution in [3.05, 3.63) is 107 Å². The van der Waals surface area contributed by atoms with E-state index in [1.54, 1.807) is 18.2 Å². The van der Waals surface area contributed by atoms with E-state index >= 15 is 0 Å². The van der Waals surface area contributed by atoms with Crippen molar-refractivity contribution in [2.75, 3.05) is 28.0 Å². The molecule has 12 heteroatoms. The number of carbonyl (C=O) groups is 1. The molecule has 214 valence electrons. The SMILES string of the molecule is COc1ccc(N(CC(=O)Nc2ccc(S(=O)(=O)Nc3c(C)cccc3C)cc2)S(=O)(=O)c2ccccc2)cc1Cl. The molecule has 0 saturated carbocycles. The molecule has 0 aliphatic carbocycles. The lowest BCUT2D eigenvalue weighted by molar-refractivity contribution is -0.114. The van der Waals surface area contributed by atoms with E-state index < -0.39 is 32.5 Å². The number of hydrogen-bond acceptors (Lipinski definition) is 6. The van der Waals surface area contributed by atoms with Gasteiger partial charge in [0.15, 0.2) is 0 Å². The highest BCUT2D eigenvalue weighted by molar-refractivity contribution is 7.93. The monoisotopic (exact) mass is 613 g/mol. The normalized spacial score (nSPS) is 11.5. The molecule has 1 amide bonds. The van der Waals surface area contributed by atoms with Crippen LogP contribution in [0.25, 0.3) is 0 Å². The third-order valence-corrected chi connectivity index (χ3v) is 9.66. The van der Waals surface area contributed by atoms with Gasteiger partial charge in [-0.25, -0.2) is 16.8 Å². The largest absolute Gasteiger partial charge is 0.495 e. The molecule has 0 spiro atoms. The van der Waals surface area contributed by atoms with E-state index in [4.69, 9.17) is 16.3 Å². The summed E-state index contributed by atoms with van der Waals surface area (Å²) in [6.45, 7) is 3.05. The van der Waals surface area contributed by atoms with E-state index in [0.29, 0.717) is 11.4 Å². The van der Waals surface area contributed by atoms with Gasteiger partial charge in [0, 0.05) is 5.69 Å². The van der Waals surface area contributed by atoms with Crippen molar-refractivity contribution in [2.45, 2.75) is 23.6 Å². The topological polar surface area (TPSA) is 122 Å². The van der Waals surface area contributed by atoms with Gasteiger partial charge in [-0.05, 0) is 79.6 Å². The van der Waals surface area contributed by atoms with Crippen LogP contribution in [0.4, 0.5) is 17.1 Å². The summed E-state index contributed by atoms with van der Waals surface area (Å²) in [6.07, 6.45) is 0. The Labute approximate surface area is 244 Å². The lowest BCUT2D eigenvalue weighted by atomic mass is 10.1. The van der Waals surface area contributed by atoms with Crippen molar-refractivity contribution in [3.63, 3.8) is 0 Å². The van der Waals surface area contributed by atoms with Gasteiger partial charge in [-0.15, -0.1) is 0 Å². The van der Waals surface area contributed by atoms with Crippen LogP contribution in [0.5, 0.6) is 5.75 Å². The van der Waals surface area contributed by atoms with Gasteiger partial charge in [0.05, 0.1) is 33.3 Å². The average Bonchev–Trinajstić information content (AvgIpc) is 2.94. The van der Waals surface area contributed by atoms with Gasteiger partial charge in [-0.2, -0.15) is 0 Å². The number of aryl methyl sites for hydroxylation is 2. The predicted octanol–water partition coefficient (Wildman–Crippen LogP) is 5.60. The molecule has 4 aromatic carbocycles. The lowest BCUT2D eigenvalue weighted by Gasteiger charge is -2.24. The van der Waals surface area contributed by atoms with Gasteiger partial charge in [-0.1, -0.05) is 48.0 Å². The number of carbonyl (C=O) groups excluding carboxylic acids is 1. The number of rotatable bonds is 10. The summed E-state index contributed by atoms with van der Waals surface area (Å²) in [5.41, 5.74) is 2.51. The molecule has 0 radical (unpaired) electrons. The Balaban J connectivity index is 1.56. The maximum absolute atomic E-state index is 13.5. The minimum Gasteiger partial charge on any atom is -0.495 e. The van der Waals surface area contributed by atoms with E-state index in [0.717, 1.165) is 15.4 Å². The number of hydrogen-bond donors (Lipinski definition) is 2. The number of ether oxygens (including phenoxy) is 1. The van der Waals surface area contributed by atoms with Crippen LogP contribution in [0.15, 0.2) is 101 Å². The number of amides is 1. The molecule has 9 nitrogen and oxygen atoms in total. The van der Waals surface area contributed by atoms with Crippen molar-refractivity contribution in [1.29, 1.82) is 0 Å². The van der Waals surface area contributed by atoms with Crippen molar-refractivity contribution in [2.24, 2.45) is 0 Å². The summed E-state index contributed by atoms with van der Waals surface area (Å²) < 4.78 is 61.7. The van der Waals surface area contributed by atoms with Crippen LogP contribution >= 0.6 is 11.6 Å². The summed E-state index contributed by atoms with van der Waals surface area (Å²) in [6, 6.07) is 23.1. The average molecular weight is 614 g/mol. The molecule has 0 atom stereocenters. The highest BCUT2D eigenvalue weighted by Crippen LogP contribution is 2.32. The summed E-state index contributed by atoms with van der Waals surface area (Å²) in [5.74, 6) is -0.306. The van der Waals surface area contributed by atoms with Crippen molar-refractivity contribution in [3.8, 4) is 5.75 Å². The molecule has 41 heavy (non-hydrogen) atoms. The van der Waals surface area contributed by atoms with Crippen LogP contribution in [0, 0.1) is 13.8 Å². The van der Waals surface area contributed by atoms with Crippen LogP contribution in [0.1, 0.15) is 11.1 Å². The van der Waals surface area contributed by atoms with Crippen molar-refractivity contribution >= 4 is 54.6 Å². The zero-order chi connectivity index (χ0) is 29.8. The minimum atomic E-state index is -4.16. The molecule has 0 aliphatic heterocycles. The lowest BCUT2D eigenvalue weighted by Crippen LogP contribution is -2.38. The van der Waals surface area contributed by atoms with Crippen molar-refractivity contribution < 1.29 is 26.4 Å². The van der Waals surface area contributed by atoms with Gasteiger partial charge >= 0.3 is 0 Å². The first-order valence-corrected chi connectivity index (χ1v) is 15.6. The summed E-state index contributed by atoms with van der Waals surface area (Å²) in [7, 11) is -6.61. The first kappa shape index (κ1) is 29.9. The Morgan fingerprint density at radius 3 is 2.05 bits per heavy atom. The third-order valence-electron chi connectivity index (χ3n) is 6.21. The van der Waals surface area contributed by atoms with E-state index in [2.05, 4.69) is 10.0 Å². The smallest absolute Gasteiger partial charge is 0.264 e. The zero-order valence-electron chi connectivity index (χ0n) is 22.5. The van der Waals surface area contributed by atoms with Crippen LogP contribution < -0.4 is 19.1 Å². The second kappa shape index (κ2) is 12.2. The molecule has 0 bridgehead atoms. The maximum Gasteiger partial charge on any atom is 0.264 e. The second-order valence-corrected chi connectivity index (χ2v) is 13.0. The number of anilines is 3. The third kappa shape index (κ3) is 6.82. The zero-order valence-corrected chi connectivity index (χ0v) is 24.8. The number of halogens is 1. The molecule has 0 aromatic heterocycles. The van der Waals surface area contributed by atoms with Gasteiger partial charge in [0.2, 0.25) is 5.91 Å². The second-order valence-electron chi connectivity index (χ2n) is 9.09. The summed E-state index contributed by atoms with van der Waals surface area (Å²) in [4.78, 5) is 13.1. The summed E-state index contributed by atoms with van der Waals surface area (Å²) >= 11 is 6.25. The van der Waals surface area contributed by atoms with Gasteiger partial charge in [0.25, 0.3) is 20.0 Å². The number of benzene rings is 4. The molecule has 2 N–H and O–H groups in total. The minimum absolute atomic E-state index is 0.000640. The highest BCUT2D eigenvalue weighted by atomic mass is 35.5. The fourth-order valence-electron chi connectivity index (χ4n) is 4.06. The van der Waals surface area contributed by atoms with Crippen LogP contribution in [-0.2, 0) is 24.8 Å². The number of sulfonamides is 2. The fourth-order valence-corrected chi connectivity index (χ4v) is 6.95. The molecule has 4 rings (SSSR count). The van der Waals surface area contributed by atoms with Crippen LogP contribution in [0.3, 0.4) is 0 Å². The maximum atomic E-state index is 13.5. The first-order chi connectivity index (χ1) is 19.4. The molecular formula is C29H28ClN3O6S2. The summed E-state index contributed by atoms with van der Waals surface area (Å²) in [5, 5.41) is 2.80. The molecule has 0 saturated heterocycles. The van der Waals surface area contributed by atoms with Crippen LogP contribution in [-0.4, -0.2) is 36.4 Å². The highest BCUT2D eigenvalue weighted by Gasteiger charge is 2.28. The van der Waals surface area contributed by atoms with E-state index in [9.17, 15) is 21.6 Å². The van der Waals surface area contributed by atoms with E-state index in [-0.39, 0.29) is 26.2 Å². The molecular weight excluding hydrogens is 586 g/mol. The molecule has 0 unspecified atom stereocenters. The van der Waals surface area contributed by atoms with E-state index in [1.807, 2.05) is 32.0 Å². The Bertz CT molecular complexity index is 1760. The molecule has 0 fully saturated rings. The number of para-hydroxylation sites is 1. The quantitative estimate of drug-likeness (QED) is 0.240. The van der Waals surface area contributed by atoms with Gasteiger partial charge < -0.3 is 10.1 Å². The van der Waals surface area contributed by atoms with Gasteiger partial charge in [-0.3, -0.25) is 13.8 Å². The predicted molar refractivity (Wildman–Crippen MR) is 161 cm³/mol. The standard InChI is InChI=1S/C29H28ClN3O6S2/c1-20-8-7-9-21(2)29(20)32-40(35,36)24-15-12-22(13-16-24)31-28(34)19-33(23-14-17-27(39-3)26(30)18-23)41(37,38)25-10-5-4-6-11-25/h4-18,32H,19H2,1-3H3,(H,31,34). The Morgan fingerprint density at radius 2 is 1.46 bits per heavy atom. The molecule has 0 heterocycles. The fraction of sp³-hybridized carbons (Fsp3) is 0.138. The molecule has 0 aliphatic rings. The first-order valence-electron chi connectivity index (χ1n) is 12.3. The van der Waals surface area contributed by atoms with Gasteiger partial charge in [0.1, 0.15) is 12.3 Å². The van der Waals surface area contributed by atoms with E-state index in [1.165, 1.54) is 61.7 Å². The van der Waals surface area contributed by atoms with Crippen LogP contribution in [0.2, 0.25) is 5.02 Å². The number of nitrogens with zero attached hydrogens (tertiary/aromatic N) is 1. The van der Waals surface area contributed by atoms with Crippen molar-refractivity contribution in [1.82, 2.24) is 0 Å². The Morgan fingerprint density at radius 1 is 0.829 bits per heavy atom. The number of nitrogens with one attached hydrogen (secondary N) is 2. The number of methoxy groups -OCH3 is 1.